The molecule has 0 spiro atoms. The Bertz CT molecular complexity index is 516. The monoisotopic (exact) mass is 375 g/mol. The smallest absolute Gasteiger partial charge is 0.399 e. The zero-order chi connectivity index (χ0) is 14.4. The van der Waals surface area contributed by atoms with Crippen LogP contribution in [0.3, 0.4) is 0 Å². The zero-order valence-corrected chi connectivity index (χ0v) is 13.4. The van der Waals surface area contributed by atoms with Gasteiger partial charge < -0.3 is 9.31 Å². The van der Waals surface area contributed by atoms with Gasteiger partial charge in [0.2, 0.25) is 0 Å². The fourth-order valence-corrected chi connectivity index (χ4v) is 2.54. The van der Waals surface area contributed by atoms with E-state index >= 15 is 0 Å². The molecular formula is C12H15BINO4. The van der Waals surface area contributed by atoms with Crippen LogP contribution >= 0.6 is 22.6 Å². The zero-order valence-electron chi connectivity index (χ0n) is 11.3. The van der Waals surface area contributed by atoms with E-state index in [0.717, 1.165) is 9.03 Å². The summed E-state index contributed by atoms with van der Waals surface area (Å²) < 4.78 is 12.6. The van der Waals surface area contributed by atoms with Crippen molar-refractivity contribution in [2.75, 3.05) is 0 Å². The highest BCUT2D eigenvalue weighted by atomic mass is 127. The average molecular weight is 375 g/mol. The topological polar surface area (TPSA) is 61.6 Å². The molecule has 0 aromatic heterocycles. The Balaban J connectivity index is 2.33. The summed E-state index contributed by atoms with van der Waals surface area (Å²) in [4.78, 5) is 10.3. The number of hydrogen-bond acceptors (Lipinski definition) is 4. The molecule has 1 fully saturated rings. The molecular weight excluding hydrogens is 360 g/mol. The molecule has 1 aromatic rings. The lowest BCUT2D eigenvalue weighted by Crippen LogP contribution is -2.41. The van der Waals surface area contributed by atoms with Crippen molar-refractivity contribution in [1.29, 1.82) is 0 Å². The molecule has 1 aliphatic heterocycles. The maximum absolute atomic E-state index is 10.7. The molecule has 1 saturated heterocycles. The number of rotatable bonds is 2. The lowest BCUT2D eigenvalue weighted by atomic mass is 9.79. The van der Waals surface area contributed by atoms with E-state index < -0.39 is 23.2 Å². The number of nitrogens with zero attached hydrogens (tertiary/aromatic N) is 1. The lowest BCUT2D eigenvalue weighted by Gasteiger charge is -2.32. The first kappa shape index (κ1) is 14.7. The molecule has 5 nitrogen and oxygen atoms in total. The quantitative estimate of drug-likeness (QED) is 0.345. The average Bonchev–Trinajstić information content (AvgIpc) is 2.47. The Hall–Kier alpha value is -0.665. The summed E-state index contributed by atoms with van der Waals surface area (Å²) >= 11 is 2.07. The van der Waals surface area contributed by atoms with Gasteiger partial charge in [-0.2, -0.15) is 0 Å². The van der Waals surface area contributed by atoms with Crippen LogP contribution < -0.4 is 5.46 Å². The van der Waals surface area contributed by atoms with Crippen LogP contribution in [0.2, 0.25) is 0 Å². The van der Waals surface area contributed by atoms with Gasteiger partial charge in [0.15, 0.2) is 0 Å². The summed E-state index contributed by atoms with van der Waals surface area (Å²) in [6.45, 7) is 7.91. The van der Waals surface area contributed by atoms with Gasteiger partial charge >= 0.3 is 7.12 Å². The molecule has 0 saturated carbocycles. The van der Waals surface area contributed by atoms with Crippen molar-refractivity contribution in [2.24, 2.45) is 0 Å². The SMILES string of the molecule is CC1(C)OB(c2ccc([N+](=O)[O-])cc2I)OC1(C)C. The number of hydrogen-bond donors (Lipinski definition) is 0. The van der Waals surface area contributed by atoms with Crippen molar-refractivity contribution in [1.82, 2.24) is 0 Å². The Labute approximate surface area is 126 Å². The lowest BCUT2D eigenvalue weighted by molar-refractivity contribution is -0.384. The third kappa shape index (κ3) is 2.63. The minimum Gasteiger partial charge on any atom is -0.399 e. The first-order valence-corrected chi connectivity index (χ1v) is 7.01. The number of nitro benzene ring substituents is 1. The van der Waals surface area contributed by atoms with Crippen LogP contribution in [-0.2, 0) is 9.31 Å². The van der Waals surface area contributed by atoms with E-state index in [9.17, 15) is 10.1 Å². The van der Waals surface area contributed by atoms with Gasteiger partial charge in [0, 0.05) is 15.7 Å². The van der Waals surface area contributed by atoms with E-state index in [1.54, 1.807) is 6.07 Å². The van der Waals surface area contributed by atoms with Gasteiger partial charge in [-0.25, -0.2) is 0 Å². The third-order valence-electron chi connectivity index (χ3n) is 3.70. The van der Waals surface area contributed by atoms with Crippen LogP contribution in [0, 0.1) is 13.7 Å². The Morgan fingerprint density at radius 1 is 1.21 bits per heavy atom. The van der Waals surface area contributed by atoms with E-state index in [1.807, 2.05) is 27.7 Å². The molecule has 19 heavy (non-hydrogen) atoms. The minimum atomic E-state index is -0.488. The summed E-state index contributed by atoms with van der Waals surface area (Å²) in [5.41, 5.74) is 0.0694. The highest BCUT2D eigenvalue weighted by molar-refractivity contribution is 14.1. The van der Waals surface area contributed by atoms with Crippen molar-refractivity contribution in [3.63, 3.8) is 0 Å². The van der Waals surface area contributed by atoms with Crippen LogP contribution in [0.25, 0.3) is 0 Å². The van der Waals surface area contributed by atoms with Crippen molar-refractivity contribution >= 4 is 40.9 Å². The second-order valence-electron chi connectivity index (χ2n) is 5.55. The van der Waals surface area contributed by atoms with Crippen LogP contribution in [0.15, 0.2) is 18.2 Å². The largest absolute Gasteiger partial charge is 0.495 e. The van der Waals surface area contributed by atoms with Crippen LogP contribution in [0.1, 0.15) is 27.7 Å². The van der Waals surface area contributed by atoms with Crippen LogP contribution in [0.4, 0.5) is 5.69 Å². The standard InChI is InChI=1S/C12H15BINO4/c1-11(2)12(3,4)19-13(18-11)9-6-5-8(15(16)17)7-10(9)14/h5-7H,1-4H3. The third-order valence-corrected chi connectivity index (χ3v) is 4.64. The Morgan fingerprint density at radius 3 is 2.16 bits per heavy atom. The van der Waals surface area contributed by atoms with E-state index in [2.05, 4.69) is 22.6 Å². The van der Waals surface area contributed by atoms with Gasteiger partial charge in [-0.05, 0) is 55.7 Å². The van der Waals surface area contributed by atoms with Gasteiger partial charge in [0.05, 0.1) is 16.1 Å². The molecule has 1 aromatic carbocycles. The first-order chi connectivity index (χ1) is 8.64. The van der Waals surface area contributed by atoms with Gasteiger partial charge in [0.25, 0.3) is 5.69 Å². The summed E-state index contributed by atoms with van der Waals surface area (Å²) in [7, 11) is -0.488. The van der Waals surface area contributed by atoms with Gasteiger partial charge in [-0.1, -0.05) is 6.07 Å². The van der Waals surface area contributed by atoms with Crippen molar-refractivity contribution in [2.45, 2.75) is 38.9 Å². The molecule has 0 unspecified atom stereocenters. The van der Waals surface area contributed by atoms with Gasteiger partial charge in [-0.3, -0.25) is 10.1 Å². The predicted molar refractivity (Wildman–Crippen MR) is 81.5 cm³/mol. The summed E-state index contributed by atoms with van der Waals surface area (Å²) in [6.07, 6.45) is 0. The fraction of sp³-hybridized carbons (Fsp3) is 0.500. The molecule has 0 bridgehead atoms. The summed E-state index contributed by atoms with van der Waals surface area (Å²) in [5.74, 6) is 0. The van der Waals surface area contributed by atoms with E-state index in [4.69, 9.17) is 9.31 Å². The van der Waals surface area contributed by atoms with Crippen LogP contribution in [-0.4, -0.2) is 23.2 Å². The van der Waals surface area contributed by atoms with Gasteiger partial charge in [0.1, 0.15) is 0 Å². The summed E-state index contributed by atoms with van der Waals surface area (Å²) in [5, 5.41) is 10.7. The predicted octanol–water partition coefficient (Wildman–Crippen LogP) is 2.50. The minimum absolute atomic E-state index is 0.0738. The van der Waals surface area contributed by atoms with Crippen molar-refractivity contribution in [3.05, 3.63) is 31.9 Å². The molecule has 2 rings (SSSR count). The highest BCUT2D eigenvalue weighted by Gasteiger charge is 2.52. The van der Waals surface area contributed by atoms with Crippen molar-refractivity contribution < 1.29 is 14.2 Å². The number of non-ortho nitro benzene ring substituents is 1. The molecule has 7 heteroatoms. The molecule has 1 heterocycles. The van der Waals surface area contributed by atoms with Crippen molar-refractivity contribution in [3.8, 4) is 0 Å². The maximum Gasteiger partial charge on any atom is 0.495 e. The molecule has 0 amide bonds. The molecule has 0 radical (unpaired) electrons. The summed E-state index contributed by atoms with van der Waals surface area (Å²) in [6, 6.07) is 4.70. The fourth-order valence-electron chi connectivity index (χ4n) is 1.79. The first-order valence-electron chi connectivity index (χ1n) is 5.93. The van der Waals surface area contributed by atoms with Crippen LogP contribution in [0.5, 0.6) is 0 Å². The normalized spacial score (nSPS) is 20.6. The number of benzene rings is 1. The van der Waals surface area contributed by atoms with E-state index in [-0.39, 0.29) is 5.69 Å². The number of halogens is 1. The molecule has 0 aliphatic carbocycles. The molecule has 1 aliphatic rings. The molecule has 0 N–H and O–H groups in total. The Kier molecular flexibility index (Phi) is 3.65. The molecule has 0 atom stereocenters. The number of nitro groups is 1. The van der Waals surface area contributed by atoms with E-state index in [0.29, 0.717) is 0 Å². The Morgan fingerprint density at radius 2 is 1.74 bits per heavy atom. The highest BCUT2D eigenvalue weighted by Crippen LogP contribution is 2.36. The second-order valence-corrected chi connectivity index (χ2v) is 6.71. The maximum atomic E-state index is 10.7. The molecule has 102 valence electrons. The van der Waals surface area contributed by atoms with E-state index in [1.165, 1.54) is 12.1 Å². The van der Waals surface area contributed by atoms with Gasteiger partial charge in [-0.15, -0.1) is 0 Å². The second kappa shape index (κ2) is 4.71.